The molecule has 0 amide bonds. The molecule has 0 saturated carbocycles. The molecular formula is C17H30I2N2. The van der Waals surface area contributed by atoms with Crippen molar-refractivity contribution in [1.29, 1.82) is 0 Å². The third kappa shape index (κ3) is 5.71. The normalized spacial score (nSPS) is 12.0. The SMILES string of the molecule is C.CC.Cn1c2c(c3ccccc31)CNCC2.II.[2H]CC. The van der Waals surface area contributed by atoms with Gasteiger partial charge in [-0.2, -0.15) is 0 Å². The van der Waals surface area contributed by atoms with E-state index in [-0.39, 0.29) is 7.43 Å². The fourth-order valence-electron chi connectivity index (χ4n) is 2.46. The summed E-state index contributed by atoms with van der Waals surface area (Å²) in [4.78, 5) is 0. The lowest BCUT2D eigenvalue weighted by Crippen LogP contribution is -2.24. The molecule has 1 aromatic carbocycles. The van der Waals surface area contributed by atoms with Gasteiger partial charge in [0, 0.05) is 81.8 Å². The summed E-state index contributed by atoms with van der Waals surface area (Å²) in [5, 5.41) is 4.85. The Balaban J connectivity index is 0. The van der Waals surface area contributed by atoms with Crippen LogP contribution >= 0.6 is 37.2 Å². The van der Waals surface area contributed by atoms with Gasteiger partial charge in [-0.1, -0.05) is 53.3 Å². The zero-order chi connectivity index (χ0) is 16.3. The second-order valence-corrected chi connectivity index (χ2v) is 3.93. The van der Waals surface area contributed by atoms with Crippen LogP contribution in [0.1, 0.15) is 47.7 Å². The number of benzene rings is 1. The average Bonchev–Trinajstić information content (AvgIpc) is 2.86. The van der Waals surface area contributed by atoms with Gasteiger partial charge in [-0.15, -0.1) is 0 Å². The molecule has 0 aliphatic carbocycles. The predicted molar refractivity (Wildman–Crippen MR) is 116 cm³/mol. The maximum Gasteiger partial charge on any atom is 0.0483 e. The van der Waals surface area contributed by atoms with Crippen molar-refractivity contribution >= 4 is 48.1 Å². The maximum atomic E-state index is 6.21. The summed E-state index contributed by atoms with van der Waals surface area (Å²) < 4.78 is 8.55. The van der Waals surface area contributed by atoms with Crippen molar-refractivity contribution in [3.63, 3.8) is 0 Å². The van der Waals surface area contributed by atoms with E-state index < -0.39 is 0 Å². The van der Waals surface area contributed by atoms with Gasteiger partial charge in [0.25, 0.3) is 0 Å². The molecule has 2 heterocycles. The van der Waals surface area contributed by atoms with E-state index in [1.807, 2.05) is 13.8 Å². The molecule has 1 aromatic heterocycles. The number of hydrogen-bond acceptors (Lipinski definition) is 1. The zero-order valence-corrected chi connectivity index (χ0v) is 17.2. The lowest BCUT2D eigenvalue weighted by molar-refractivity contribution is 0.622. The van der Waals surface area contributed by atoms with E-state index in [1.54, 1.807) is 6.92 Å². The van der Waals surface area contributed by atoms with Crippen molar-refractivity contribution < 1.29 is 1.37 Å². The fourth-order valence-corrected chi connectivity index (χ4v) is 2.46. The fraction of sp³-hybridized carbons (Fsp3) is 0.529. The topological polar surface area (TPSA) is 17.0 Å². The maximum absolute atomic E-state index is 6.21. The number of nitrogens with one attached hydrogen (secondary N) is 1. The predicted octanol–water partition coefficient (Wildman–Crippen LogP) is 6.28. The lowest BCUT2D eigenvalue weighted by atomic mass is 10.1. The molecule has 0 fully saturated rings. The number of halogens is 2. The quantitative estimate of drug-likeness (QED) is 0.407. The van der Waals surface area contributed by atoms with Crippen LogP contribution < -0.4 is 5.32 Å². The zero-order valence-electron chi connectivity index (χ0n) is 13.8. The van der Waals surface area contributed by atoms with Crippen molar-refractivity contribution in [3.05, 3.63) is 35.5 Å². The molecule has 0 unspecified atom stereocenters. The van der Waals surface area contributed by atoms with Gasteiger partial charge in [0.05, 0.1) is 0 Å². The van der Waals surface area contributed by atoms with Gasteiger partial charge in [-0.05, 0) is 11.6 Å². The number of fused-ring (bicyclic) bond motifs is 3. The van der Waals surface area contributed by atoms with Gasteiger partial charge in [-0.3, -0.25) is 0 Å². The van der Waals surface area contributed by atoms with Crippen molar-refractivity contribution in [2.45, 2.75) is 48.1 Å². The summed E-state index contributed by atoms with van der Waals surface area (Å²) >= 11 is 4.24. The molecule has 4 heteroatoms. The minimum absolute atomic E-state index is 0. The highest BCUT2D eigenvalue weighted by molar-refractivity contribution is 15.0. The van der Waals surface area contributed by atoms with E-state index in [0.29, 0.717) is 6.90 Å². The van der Waals surface area contributed by atoms with E-state index in [2.05, 4.69) is 78.4 Å². The number of hydrogen-bond donors (Lipinski definition) is 1. The molecule has 0 radical (unpaired) electrons. The van der Waals surface area contributed by atoms with Crippen LogP contribution in [-0.4, -0.2) is 11.1 Å². The molecule has 2 aromatic rings. The summed E-state index contributed by atoms with van der Waals surface area (Å²) in [6.07, 6.45) is 1.15. The molecule has 122 valence electrons. The molecule has 1 aliphatic rings. The van der Waals surface area contributed by atoms with E-state index in [9.17, 15) is 0 Å². The van der Waals surface area contributed by atoms with Crippen LogP contribution in [0.3, 0.4) is 0 Å². The molecule has 21 heavy (non-hydrogen) atoms. The first-order chi connectivity index (χ1) is 10.3. The highest BCUT2D eigenvalue weighted by atomic mass is 128. The number of aromatic nitrogens is 1. The number of nitrogens with zero attached hydrogens (tertiary/aromatic N) is 1. The molecule has 3 rings (SSSR count). The largest absolute Gasteiger partial charge is 0.347 e. The number of para-hydroxylation sites is 1. The minimum Gasteiger partial charge on any atom is -0.347 e. The molecule has 1 N–H and O–H groups in total. The van der Waals surface area contributed by atoms with Gasteiger partial charge >= 0.3 is 0 Å². The molecule has 0 bridgehead atoms. The standard InChI is InChI=1S/C12H14N2.2C2H6.CH4.I2/c1-14-11-5-3-2-4-9(11)10-8-13-7-6-12(10)14;2*1-2;;1-2/h2-5,13H,6-8H2,1H3;2*1-2H3;1H4;/i;1D;;;. The Morgan fingerprint density at radius 2 is 1.76 bits per heavy atom. The van der Waals surface area contributed by atoms with Gasteiger partial charge in [0.1, 0.15) is 0 Å². The van der Waals surface area contributed by atoms with Crippen molar-refractivity contribution in [3.8, 4) is 0 Å². The average molecular weight is 517 g/mol. The van der Waals surface area contributed by atoms with Gasteiger partial charge in [0.2, 0.25) is 0 Å². The monoisotopic (exact) mass is 517 g/mol. The first-order valence-electron chi connectivity index (χ1n) is 7.69. The molecule has 0 saturated heterocycles. The lowest BCUT2D eigenvalue weighted by Gasteiger charge is -2.14. The van der Waals surface area contributed by atoms with Crippen LogP contribution in [0.15, 0.2) is 24.3 Å². The Bertz CT molecular complexity index is 513. The van der Waals surface area contributed by atoms with Crippen LogP contribution in [-0.2, 0) is 20.0 Å². The highest BCUT2D eigenvalue weighted by Gasteiger charge is 2.16. The van der Waals surface area contributed by atoms with Gasteiger partial charge in [0.15, 0.2) is 0 Å². The summed E-state index contributed by atoms with van der Waals surface area (Å²) in [5.41, 5.74) is 4.36. The van der Waals surface area contributed by atoms with E-state index in [1.165, 1.54) is 22.2 Å². The Hall–Kier alpha value is 0.180. The van der Waals surface area contributed by atoms with Crippen molar-refractivity contribution in [1.82, 2.24) is 9.88 Å². The summed E-state index contributed by atoms with van der Waals surface area (Å²) in [5.74, 6) is 0. The molecule has 2 nitrogen and oxygen atoms in total. The third-order valence-electron chi connectivity index (χ3n) is 3.18. The Morgan fingerprint density at radius 3 is 2.38 bits per heavy atom. The van der Waals surface area contributed by atoms with Gasteiger partial charge < -0.3 is 9.88 Å². The van der Waals surface area contributed by atoms with Crippen LogP contribution in [0.25, 0.3) is 10.9 Å². The van der Waals surface area contributed by atoms with E-state index >= 15 is 0 Å². The van der Waals surface area contributed by atoms with Gasteiger partial charge in [-0.25, -0.2) is 0 Å². The highest BCUT2D eigenvalue weighted by Crippen LogP contribution is 2.26. The second kappa shape index (κ2) is 13.8. The first kappa shape index (κ1) is 21.2. The Morgan fingerprint density at radius 1 is 1.19 bits per heavy atom. The van der Waals surface area contributed by atoms with E-state index in [0.717, 1.165) is 19.5 Å². The first-order valence-corrected chi connectivity index (χ1v) is 13.3. The minimum atomic E-state index is 0. The summed E-state index contributed by atoms with van der Waals surface area (Å²) in [6, 6.07) is 8.66. The Kier molecular flexibility index (Phi) is 13.9. The second-order valence-electron chi connectivity index (χ2n) is 3.93. The Labute approximate surface area is 155 Å². The number of aryl methyl sites for hydroxylation is 1. The van der Waals surface area contributed by atoms with Crippen LogP contribution in [0.2, 0.25) is 0 Å². The molecule has 0 spiro atoms. The smallest absolute Gasteiger partial charge is 0.0483 e. The molecular weight excluding hydrogens is 486 g/mol. The number of rotatable bonds is 0. The van der Waals surface area contributed by atoms with Crippen LogP contribution in [0, 0.1) is 0 Å². The molecule has 0 atom stereocenters. The summed E-state index contributed by atoms with van der Waals surface area (Å²) in [7, 11) is 2.17. The summed E-state index contributed by atoms with van der Waals surface area (Å²) in [6.45, 7) is 8.42. The third-order valence-corrected chi connectivity index (χ3v) is 3.18. The van der Waals surface area contributed by atoms with Crippen LogP contribution in [0.4, 0.5) is 0 Å². The van der Waals surface area contributed by atoms with Crippen molar-refractivity contribution in [2.24, 2.45) is 7.05 Å². The van der Waals surface area contributed by atoms with Crippen molar-refractivity contribution in [2.75, 3.05) is 6.54 Å². The van der Waals surface area contributed by atoms with E-state index in [4.69, 9.17) is 1.37 Å². The van der Waals surface area contributed by atoms with Crippen LogP contribution in [0.5, 0.6) is 0 Å². The molecule has 1 aliphatic heterocycles.